The lowest BCUT2D eigenvalue weighted by Gasteiger charge is -2.11. The van der Waals surface area contributed by atoms with E-state index in [9.17, 15) is 4.79 Å². The highest BCUT2D eigenvalue weighted by Crippen LogP contribution is 2.27. The van der Waals surface area contributed by atoms with E-state index in [4.69, 9.17) is 4.42 Å². The summed E-state index contributed by atoms with van der Waals surface area (Å²) in [6.45, 7) is 8.84. The molecule has 27 heavy (non-hydrogen) atoms. The van der Waals surface area contributed by atoms with Gasteiger partial charge in [-0.1, -0.05) is 30.8 Å². The van der Waals surface area contributed by atoms with Crippen molar-refractivity contribution in [2.24, 2.45) is 0 Å². The molecule has 0 bridgehead atoms. The molecule has 142 valence electrons. The first-order valence-corrected chi connectivity index (χ1v) is 9.96. The molecule has 2 heterocycles. The molecule has 0 saturated carbocycles. The Balaban J connectivity index is 1.72. The van der Waals surface area contributed by atoms with E-state index in [2.05, 4.69) is 22.4 Å². The van der Waals surface area contributed by atoms with Crippen molar-refractivity contribution in [3.8, 4) is 11.4 Å². The fourth-order valence-corrected chi connectivity index (χ4v) is 3.60. The number of nitrogens with zero attached hydrogens (tertiary/aromatic N) is 3. The lowest BCUT2D eigenvalue weighted by molar-refractivity contribution is -0.113. The average Bonchev–Trinajstić information content (AvgIpc) is 3.23. The quantitative estimate of drug-likeness (QED) is 0.603. The van der Waals surface area contributed by atoms with Crippen molar-refractivity contribution in [1.82, 2.24) is 14.8 Å². The van der Waals surface area contributed by atoms with Crippen LogP contribution in [0.3, 0.4) is 0 Å². The van der Waals surface area contributed by atoms with Crippen molar-refractivity contribution in [1.29, 1.82) is 0 Å². The summed E-state index contributed by atoms with van der Waals surface area (Å²) in [6, 6.07) is 7.80. The van der Waals surface area contributed by atoms with E-state index >= 15 is 0 Å². The number of nitrogens with one attached hydrogen (secondary N) is 1. The minimum atomic E-state index is -0.0548. The number of thioether (sulfide) groups is 1. The molecule has 0 aliphatic rings. The van der Waals surface area contributed by atoms with Crippen LogP contribution in [0.5, 0.6) is 0 Å². The lowest BCUT2D eigenvalue weighted by atomic mass is 10.1. The summed E-state index contributed by atoms with van der Waals surface area (Å²) in [5.41, 5.74) is 4.03. The molecule has 2 aromatic heterocycles. The van der Waals surface area contributed by atoms with Crippen molar-refractivity contribution < 1.29 is 9.21 Å². The highest BCUT2D eigenvalue weighted by atomic mass is 32.2. The van der Waals surface area contributed by atoms with Gasteiger partial charge in [0.05, 0.1) is 17.6 Å². The molecule has 0 aliphatic heterocycles. The number of benzene rings is 1. The number of hydrogen-bond donors (Lipinski definition) is 1. The molecule has 0 atom stereocenters. The fraction of sp³-hybridized carbons (Fsp3) is 0.350. The maximum absolute atomic E-state index is 12.4. The third-order valence-corrected chi connectivity index (χ3v) is 5.44. The first kappa shape index (κ1) is 19.2. The van der Waals surface area contributed by atoms with Crippen LogP contribution in [0.25, 0.3) is 11.4 Å². The van der Waals surface area contributed by atoms with E-state index in [0.29, 0.717) is 0 Å². The van der Waals surface area contributed by atoms with Gasteiger partial charge in [-0.15, -0.1) is 10.2 Å². The van der Waals surface area contributed by atoms with Crippen molar-refractivity contribution in [3.63, 3.8) is 0 Å². The van der Waals surface area contributed by atoms with Crippen LogP contribution in [-0.2, 0) is 11.3 Å². The zero-order valence-corrected chi connectivity index (χ0v) is 16.9. The Hall–Kier alpha value is -2.54. The number of hydrogen-bond acceptors (Lipinski definition) is 5. The van der Waals surface area contributed by atoms with E-state index in [1.165, 1.54) is 11.8 Å². The van der Waals surface area contributed by atoms with Crippen LogP contribution in [0, 0.1) is 20.8 Å². The summed E-state index contributed by atoms with van der Waals surface area (Å²) >= 11 is 1.40. The van der Waals surface area contributed by atoms with Crippen LogP contribution >= 0.6 is 11.8 Å². The van der Waals surface area contributed by atoms with Crippen molar-refractivity contribution in [2.45, 2.75) is 45.8 Å². The largest absolute Gasteiger partial charge is 0.469 e. The standard InChI is InChI=1S/C20H24N4O2S/c1-5-10-24-19(16-9-11-26-15(16)4)22-23-20(24)27-12-18(25)21-17-8-6-7-13(2)14(17)3/h6-9,11H,5,10,12H2,1-4H3,(H,21,25). The third kappa shape index (κ3) is 4.24. The predicted molar refractivity (Wildman–Crippen MR) is 108 cm³/mol. The van der Waals surface area contributed by atoms with Gasteiger partial charge in [0.2, 0.25) is 5.91 Å². The summed E-state index contributed by atoms with van der Waals surface area (Å²) in [6.07, 6.45) is 2.60. The molecule has 1 N–H and O–H groups in total. The molecule has 0 aliphatic carbocycles. The normalized spacial score (nSPS) is 11.0. The van der Waals surface area contributed by atoms with Gasteiger partial charge in [-0.05, 0) is 50.5 Å². The first-order chi connectivity index (χ1) is 13.0. The number of aryl methyl sites for hydroxylation is 2. The zero-order chi connectivity index (χ0) is 19.4. The summed E-state index contributed by atoms with van der Waals surface area (Å²) in [4.78, 5) is 12.4. The summed E-state index contributed by atoms with van der Waals surface area (Å²) in [5, 5.41) is 12.3. The van der Waals surface area contributed by atoms with Gasteiger partial charge in [0, 0.05) is 12.2 Å². The number of carbonyl (C=O) groups excluding carboxylic acids is 1. The molecule has 0 saturated heterocycles. The van der Waals surface area contributed by atoms with Gasteiger partial charge in [0.1, 0.15) is 5.76 Å². The fourth-order valence-electron chi connectivity index (χ4n) is 2.84. The highest BCUT2D eigenvalue weighted by Gasteiger charge is 2.18. The molecule has 6 nitrogen and oxygen atoms in total. The maximum Gasteiger partial charge on any atom is 0.234 e. The zero-order valence-electron chi connectivity index (χ0n) is 16.1. The number of carbonyl (C=O) groups is 1. The average molecular weight is 385 g/mol. The van der Waals surface area contributed by atoms with Gasteiger partial charge >= 0.3 is 0 Å². The summed E-state index contributed by atoms with van der Waals surface area (Å²) in [5.74, 6) is 1.81. The van der Waals surface area contributed by atoms with Gasteiger partial charge in [-0.25, -0.2) is 0 Å². The molecule has 0 unspecified atom stereocenters. The molecule has 1 aromatic carbocycles. The molecule has 0 spiro atoms. The van der Waals surface area contributed by atoms with Crippen molar-refractivity contribution in [3.05, 3.63) is 47.4 Å². The number of anilines is 1. The Morgan fingerprint density at radius 1 is 1.22 bits per heavy atom. The Morgan fingerprint density at radius 2 is 2.04 bits per heavy atom. The number of amides is 1. The second-order valence-electron chi connectivity index (χ2n) is 6.43. The van der Waals surface area contributed by atoms with E-state index < -0.39 is 0 Å². The third-order valence-electron chi connectivity index (χ3n) is 4.47. The molecule has 3 aromatic rings. The summed E-state index contributed by atoms with van der Waals surface area (Å²) < 4.78 is 7.44. The SMILES string of the molecule is CCCn1c(SCC(=O)Nc2cccc(C)c2C)nnc1-c1ccoc1C. The van der Waals surface area contributed by atoms with Gasteiger partial charge in [0.15, 0.2) is 11.0 Å². The highest BCUT2D eigenvalue weighted by molar-refractivity contribution is 7.99. The topological polar surface area (TPSA) is 73.0 Å². The minimum absolute atomic E-state index is 0.0548. The molecule has 3 rings (SSSR count). The minimum Gasteiger partial charge on any atom is -0.469 e. The van der Waals surface area contributed by atoms with Gasteiger partial charge in [-0.3, -0.25) is 4.79 Å². The molecule has 7 heteroatoms. The van der Waals surface area contributed by atoms with Crippen LogP contribution in [0.4, 0.5) is 5.69 Å². The molecule has 1 amide bonds. The van der Waals surface area contributed by atoms with Crippen LogP contribution in [0.1, 0.15) is 30.2 Å². The maximum atomic E-state index is 12.4. The van der Waals surface area contributed by atoms with E-state index in [0.717, 1.165) is 52.1 Å². The number of furan rings is 1. The van der Waals surface area contributed by atoms with Crippen LogP contribution in [-0.4, -0.2) is 26.4 Å². The lowest BCUT2D eigenvalue weighted by Crippen LogP contribution is -2.15. The van der Waals surface area contributed by atoms with Gasteiger partial charge in [0.25, 0.3) is 0 Å². The van der Waals surface area contributed by atoms with Gasteiger partial charge < -0.3 is 14.3 Å². The first-order valence-electron chi connectivity index (χ1n) is 8.97. The van der Waals surface area contributed by atoms with Crippen LogP contribution in [0.15, 0.2) is 40.1 Å². The van der Waals surface area contributed by atoms with Crippen molar-refractivity contribution in [2.75, 3.05) is 11.1 Å². The van der Waals surface area contributed by atoms with E-state index in [1.54, 1.807) is 6.26 Å². The number of aromatic nitrogens is 3. The van der Waals surface area contributed by atoms with E-state index in [-0.39, 0.29) is 11.7 Å². The second-order valence-corrected chi connectivity index (χ2v) is 7.38. The second kappa shape index (κ2) is 8.43. The van der Waals surface area contributed by atoms with Crippen LogP contribution in [0.2, 0.25) is 0 Å². The van der Waals surface area contributed by atoms with Crippen molar-refractivity contribution >= 4 is 23.4 Å². The smallest absolute Gasteiger partial charge is 0.234 e. The molecular weight excluding hydrogens is 360 g/mol. The number of rotatable bonds is 7. The monoisotopic (exact) mass is 384 g/mol. The Morgan fingerprint density at radius 3 is 2.74 bits per heavy atom. The Labute approximate surface area is 163 Å². The predicted octanol–water partition coefficient (Wildman–Crippen LogP) is 4.60. The molecule has 0 radical (unpaired) electrons. The Bertz CT molecular complexity index is 945. The molecule has 0 fully saturated rings. The molecular formula is C20H24N4O2S. The summed E-state index contributed by atoms with van der Waals surface area (Å²) in [7, 11) is 0. The van der Waals surface area contributed by atoms with Gasteiger partial charge in [-0.2, -0.15) is 0 Å². The Kier molecular flexibility index (Phi) is 6.01. The van der Waals surface area contributed by atoms with E-state index in [1.807, 2.05) is 49.6 Å². The van der Waals surface area contributed by atoms with Crippen LogP contribution < -0.4 is 5.32 Å².